The van der Waals surface area contributed by atoms with Crippen molar-refractivity contribution in [2.24, 2.45) is 5.92 Å². The molecule has 0 aromatic heterocycles. The zero-order valence-corrected chi connectivity index (χ0v) is 17.7. The van der Waals surface area contributed by atoms with Gasteiger partial charge in [0.2, 0.25) is 0 Å². The number of ether oxygens (including phenoxy) is 4. The van der Waals surface area contributed by atoms with Gasteiger partial charge in [-0.2, -0.15) is 0 Å². The summed E-state index contributed by atoms with van der Waals surface area (Å²) in [5, 5.41) is 3.08. The lowest BCUT2D eigenvalue weighted by molar-refractivity contribution is -0.126. The first-order valence-corrected chi connectivity index (χ1v) is 10.3. The first-order valence-electron chi connectivity index (χ1n) is 10.3. The van der Waals surface area contributed by atoms with Gasteiger partial charge in [0, 0.05) is 58.1 Å². The predicted octanol–water partition coefficient (Wildman–Crippen LogP) is 3.94. The average Bonchev–Trinajstić information content (AvgIpc) is 2.71. The number of hydrogen-bond donors (Lipinski definition) is 1. The van der Waals surface area contributed by atoms with Crippen LogP contribution in [0.2, 0.25) is 0 Å². The third-order valence-electron chi connectivity index (χ3n) is 4.14. The summed E-state index contributed by atoms with van der Waals surface area (Å²) < 4.78 is 22.2. The van der Waals surface area contributed by atoms with Crippen molar-refractivity contribution in [3.05, 3.63) is 24.3 Å². The molecule has 28 heavy (non-hydrogen) atoms. The molecule has 1 rings (SSSR count). The second-order valence-electron chi connectivity index (χ2n) is 6.94. The molecule has 0 amide bonds. The van der Waals surface area contributed by atoms with Gasteiger partial charge in [-0.15, -0.1) is 0 Å². The van der Waals surface area contributed by atoms with Gasteiger partial charge >= 0.3 is 0 Å². The van der Waals surface area contributed by atoms with E-state index < -0.39 is 0 Å². The van der Waals surface area contributed by atoms with Crippen molar-refractivity contribution in [2.75, 3.05) is 58.6 Å². The van der Waals surface area contributed by atoms with Crippen LogP contribution in [-0.4, -0.2) is 59.1 Å². The molecule has 0 fully saturated rings. The number of rotatable bonds is 18. The van der Waals surface area contributed by atoms with E-state index in [4.69, 9.17) is 18.9 Å². The predicted molar refractivity (Wildman–Crippen MR) is 112 cm³/mol. The minimum Gasteiger partial charge on any atom is -0.494 e. The monoisotopic (exact) mass is 395 g/mol. The summed E-state index contributed by atoms with van der Waals surface area (Å²) in [6, 6.07) is 7.91. The lowest BCUT2D eigenvalue weighted by Gasteiger charge is -2.08. The summed E-state index contributed by atoms with van der Waals surface area (Å²) in [6.45, 7) is 8.08. The highest BCUT2D eigenvalue weighted by atomic mass is 16.5. The highest BCUT2D eigenvalue weighted by molar-refractivity contribution is 5.81. The normalized spacial score (nSPS) is 11.0. The van der Waals surface area contributed by atoms with Gasteiger partial charge in [0.1, 0.15) is 12.4 Å². The van der Waals surface area contributed by atoms with Gasteiger partial charge in [0.05, 0.1) is 6.61 Å². The number of hydrogen-bond acceptors (Lipinski definition) is 6. The van der Waals surface area contributed by atoms with Crippen LogP contribution in [0.4, 0.5) is 5.69 Å². The van der Waals surface area contributed by atoms with Crippen molar-refractivity contribution in [1.29, 1.82) is 0 Å². The first kappa shape index (κ1) is 24.4. The zero-order chi connectivity index (χ0) is 20.5. The van der Waals surface area contributed by atoms with Crippen LogP contribution in [0.15, 0.2) is 24.3 Å². The molecule has 6 nitrogen and oxygen atoms in total. The highest BCUT2D eigenvalue weighted by Crippen LogP contribution is 2.15. The number of nitrogens with one attached hydrogen (secondary N) is 1. The summed E-state index contributed by atoms with van der Waals surface area (Å²) in [7, 11) is 1.90. The molecular weight excluding hydrogens is 358 g/mol. The second kappa shape index (κ2) is 16.3. The number of benzene rings is 1. The first-order chi connectivity index (χ1) is 13.6. The number of carbonyl (C=O) groups is 1. The van der Waals surface area contributed by atoms with E-state index in [1.165, 1.54) is 0 Å². The quantitative estimate of drug-likeness (QED) is 0.380. The van der Waals surface area contributed by atoms with Crippen molar-refractivity contribution < 1.29 is 23.7 Å². The summed E-state index contributed by atoms with van der Waals surface area (Å²) in [5.74, 6) is 1.07. The molecule has 0 unspecified atom stereocenters. The molecule has 160 valence electrons. The van der Waals surface area contributed by atoms with Crippen LogP contribution in [0.1, 0.15) is 39.5 Å². The number of unbranched alkanes of at least 4 members (excludes halogenated alkanes) is 1. The second-order valence-corrected chi connectivity index (χ2v) is 6.94. The fourth-order valence-electron chi connectivity index (χ4n) is 2.28. The fraction of sp³-hybridized carbons (Fsp3) is 0.682. The van der Waals surface area contributed by atoms with Crippen LogP contribution in [0.5, 0.6) is 5.75 Å². The van der Waals surface area contributed by atoms with E-state index in [-0.39, 0.29) is 18.3 Å². The maximum Gasteiger partial charge on any atom is 0.160 e. The van der Waals surface area contributed by atoms with Crippen molar-refractivity contribution in [1.82, 2.24) is 0 Å². The molecule has 6 heteroatoms. The molecule has 1 aromatic rings. The highest BCUT2D eigenvalue weighted by Gasteiger charge is 2.06. The van der Waals surface area contributed by atoms with Gasteiger partial charge in [-0.25, -0.2) is 0 Å². The lowest BCUT2D eigenvalue weighted by atomic mass is 10.1. The molecule has 0 radical (unpaired) electrons. The Morgan fingerprint density at radius 3 is 1.93 bits per heavy atom. The summed E-state index contributed by atoms with van der Waals surface area (Å²) in [4.78, 5) is 11.4. The van der Waals surface area contributed by atoms with E-state index in [0.717, 1.165) is 50.3 Å². The molecule has 0 aliphatic heterocycles. The lowest BCUT2D eigenvalue weighted by Crippen LogP contribution is -2.15. The molecular formula is C22H37NO5. The Labute approximate surface area is 169 Å². The van der Waals surface area contributed by atoms with Crippen LogP contribution in [0.3, 0.4) is 0 Å². The maximum atomic E-state index is 11.4. The molecule has 0 saturated carbocycles. The van der Waals surface area contributed by atoms with E-state index >= 15 is 0 Å². The third-order valence-corrected chi connectivity index (χ3v) is 4.14. The van der Waals surface area contributed by atoms with Crippen LogP contribution < -0.4 is 10.1 Å². The largest absolute Gasteiger partial charge is 0.494 e. The zero-order valence-electron chi connectivity index (χ0n) is 17.7. The SMILES string of the molecule is CNc1ccc(OCCCOCCCCOCCCOCC(=O)C(C)C)cc1. The minimum atomic E-state index is 0.0432. The van der Waals surface area contributed by atoms with Crippen LogP contribution >= 0.6 is 0 Å². The van der Waals surface area contributed by atoms with Gasteiger partial charge < -0.3 is 24.3 Å². The molecule has 0 bridgehead atoms. The van der Waals surface area contributed by atoms with Gasteiger partial charge in [-0.3, -0.25) is 4.79 Å². The molecule has 0 saturated heterocycles. The van der Waals surface area contributed by atoms with Gasteiger partial charge in [0.15, 0.2) is 5.78 Å². The van der Waals surface area contributed by atoms with Gasteiger partial charge in [-0.05, 0) is 43.5 Å². The Kier molecular flexibility index (Phi) is 14.2. The van der Waals surface area contributed by atoms with E-state index in [0.29, 0.717) is 26.4 Å². The Balaban J connectivity index is 1.79. The molecule has 0 atom stereocenters. The van der Waals surface area contributed by atoms with E-state index in [9.17, 15) is 4.79 Å². The van der Waals surface area contributed by atoms with Gasteiger partial charge in [-0.1, -0.05) is 13.8 Å². The Bertz CT molecular complexity index is 504. The summed E-state index contributed by atoms with van der Waals surface area (Å²) >= 11 is 0. The van der Waals surface area contributed by atoms with E-state index in [1.54, 1.807) is 0 Å². The summed E-state index contributed by atoms with van der Waals surface area (Å²) in [6.07, 6.45) is 3.68. The van der Waals surface area contributed by atoms with Crippen molar-refractivity contribution in [3.63, 3.8) is 0 Å². The number of ketones is 1. The van der Waals surface area contributed by atoms with Crippen molar-refractivity contribution in [3.8, 4) is 5.75 Å². The van der Waals surface area contributed by atoms with Crippen molar-refractivity contribution in [2.45, 2.75) is 39.5 Å². The fourth-order valence-corrected chi connectivity index (χ4v) is 2.28. The molecule has 0 aliphatic rings. The number of carbonyl (C=O) groups excluding carboxylic acids is 1. The standard InChI is InChI=1S/C22H37NO5/c1-19(2)22(24)18-27-16-6-14-25-12-4-5-13-26-15-7-17-28-21-10-8-20(23-3)9-11-21/h8-11,19,23H,4-7,12-18H2,1-3H3. The maximum absolute atomic E-state index is 11.4. The Morgan fingerprint density at radius 2 is 1.36 bits per heavy atom. The molecule has 0 spiro atoms. The molecule has 1 N–H and O–H groups in total. The van der Waals surface area contributed by atoms with Crippen LogP contribution in [-0.2, 0) is 19.0 Å². The topological polar surface area (TPSA) is 66.0 Å². The Morgan fingerprint density at radius 1 is 0.821 bits per heavy atom. The summed E-state index contributed by atoms with van der Waals surface area (Å²) in [5.41, 5.74) is 1.08. The van der Waals surface area contributed by atoms with Crippen molar-refractivity contribution >= 4 is 11.5 Å². The smallest absolute Gasteiger partial charge is 0.160 e. The molecule has 0 aliphatic carbocycles. The molecule has 1 aromatic carbocycles. The van der Waals surface area contributed by atoms with Gasteiger partial charge in [0.25, 0.3) is 0 Å². The Hall–Kier alpha value is -1.63. The van der Waals surface area contributed by atoms with E-state index in [1.807, 2.05) is 45.2 Å². The van der Waals surface area contributed by atoms with Crippen LogP contribution in [0, 0.1) is 5.92 Å². The average molecular weight is 396 g/mol. The minimum absolute atomic E-state index is 0.0432. The number of Topliss-reactive ketones (excluding diaryl/α,β-unsaturated/α-hetero) is 1. The third kappa shape index (κ3) is 12.7. The number of anilines is 1. The van der Waals surface area contributed by atoms with E-state index in [2.05, 4.69) is 5.32 Å². The molecule has 0 heterocycles. The van der Waals surface area contributed by atoms with Crippen LogP contribution in [0.25, 0.3) is 0 Å².